The molecule has 4 atom stereocenters. The van der Waals surface area contributed by atoms with Crippen molar-refractivity contribution in [1.82, 2.24) is 19.7 Å². The minimum atomic E-state index is -4.22. The molecular formula is C38H57ClN6O7S2. The number of urea groups is 2. The fourth-order valence-corrected chi connectivity index (χ4v) is 10.5. The summed E-state index contributed by atoms with van der Waals surface area (Å²) in [6.07, 6.45) is 4.02. The van der Waals surface area contributed by atoms with Crippen molar-refractivity contribution >= 4 is 61.0 Å². The first-order valence-electron chi connectivity index (χ1n) is 18.9. The zero-order valence-corrected chi connectivity index (χ0v) is 34.8. The highest BCUT2D eigenvalue weighted by atomic mass is 35.5. The number of amides is 5. The number of carbonyl (C=O) groups is 3. The molecule has 2 heterocycles. The summed E-state index contributed by atoms with van der Waals surface area (Å²) in [5, 5.41) is 7.42. The van der Waals surface area contributed by atoms with Crippen molar-refractivity contribution < 1.29 is 31.2 Å². The van der Waals surface area contributed by atoms with Crippen LogP contribution in [0.2, 0.25) is 5.02 Å². The Morgan fingerprint density at radius 1 is 0.778 bits per heavy atom. The molecule has 0 spiro atoms. The van der Waals surface area contributed by atoms with Crippen molar-refractivity contribution in [2.75, 3.05) is 30.3 Å². The van der Waals surface area contributed by atoms with Gasteiger partial charge in [0.25, 0.3) is 10.0 Å². The molecule has 2 aliphatic rings. The maximum Gasteiger partial charge on any atom is 0.332 e. The van der Waals surface area contributed by atoms with Gasteiger partial charge in [-0.1, -0.05) is 71.3 Å². The van der Waals surface area contributed by atoms with Crippen LogP contribution in [0.15, 0.2) is 30.3 Å². The maximum atomic E-state index is 13.4. The van der Waals surface area contributed by atoms with Crippen molar-refractivity contribution in [2.24, 2.45) is 0 Å². The van der Waals surface area contributed by atoms with Gasteiger partial charge in [0, 0.05) is 36.4 Å². The molecule has 300 valence electrons. The van der Waals surface area contributed by atoms with E-state index in [1.165, 1.54) is 11.8 Å². The van der Waals surface area contributed by atoms with Crippen LogP contribution in [0.4, 0.5) is 21.0 Å². The van der Waals surface area contributed by atoms with Crippen molar-refractivity contribution in [3.63, 3.8) is 0 Å². The van der Waals surface area contributed by atoms with Gasteiger partial charge in [-0.2, -0.15) is 0 Å². The van der Waals surface area contributed by atoms with Crippen LogP contribution in [0.5, 0.6) is 0 Å². The van der Waals surface area contributed by atoms with Gasteiger partial charge in [-0.15, -0.1) is 0 Å². The molecule has 13 nitrogen and oxygen atoms in total. The van der Waals surface area contributed by atoms with Crippen molar-refractivity contribution in [1.29, 1.82) is 0 Å². The number of hydrogen-bond acceptors (Lipinski definition) is 8. The smallest absolute Gasteiger partial charge is 0.324 e. The minimum absolute atomic E-state index is 0.0404. The van der Waals surface area contributed by atoms with Crippen molar-refractivity contribution in [3.8, 4) is 0 Å². The van der Waals surface area contributed by atoms with E-state index in [0.29, 0.717) is 61.5 Å². The van der Waals surface area contributed by atoms with Crippen LogP contribution in [0.3, 0.4) is 0 Å². The van der Waals surface area contributed by atoms with E-state index in [9.17, 15) is 31.2 Å². The number of likely N-dealkylation sites (tertiary alicyclic amines) is 1. The minimum Gasteiger partial charge on any atom is -0.324 e. The molecule has 5 amide bonds. The molecule has 2 aromatic rings. The summed E-state index contributed by atoms with van der Waals surface area (Å²) in [5.74, 6) is -0.612. The Morgan fingerprint density at radius 3 is 1.91 bits per heavy atom. The summed E-state index contributed by atoms with van der Waals surface area (Å²) in [4.78, 5) is 40.1. The summed E-state index contributed by atoms with van der Waals surface area (Å²) in [6, 6.07) is 7.61. The number of piperidine rings is 2. The Labute approximate surface area is 326 Å². The molecule has 5 N–H and O–H groups in total. The molecule has 54 heavy (non-hydrogen) atoms. The first-order chi connectivity index (χ1) is 25.3. The second-order valence-electron chi connectivity index (χ2n) is 15.3. The molecule has 2 aliphatic heterocycles. The van der Waals surface area contributed by atoms with Gasteiger partial charge in [0.15, 0.2) is 5.37 Å². The van der Waals surface area contributed by atoms with Gasteiger partial charge in [-0.3, -0.25) is 4.79 Å². The van der Waals surface area contributed by atoms with E-state index in [-0.39, 0.29) is 42.5 Å². The van der Waals surface area contributed by atoms with Crippen LogP contribution in [0, 0.1) is 0 Å². The average molecular weight is 809 g/mol. The Kier molecular flexibility index (Phi) is 14.8. The van der Waals surface area contributed by atoms with Gasteiger partial charge in [-0.05, 0) is 110 Å². The summed E-state index contributed by atoms with van der Waals surface area (Å²) in [5.41, 5.74) is 4.28. The van der Waals surface area contributed by atoms with Gasteiger partial charge in [0.1, 0.15) is 0 Å². The number of hydrogen-bond donors (Lipinski definition) is 5. The van der Waals surface area contributed by atoms with Gasteiger partial charge in [-0.25, -0.2) is 35.9 Å². The number of benzene rings is 2. The fourth-order valence-electron chi connectivity index (χ4n) is 7.43. The molecule has 0 radical (unpaired) electrons. The summed E-state index contributed by atoms with van der Waals surface area (Å²) in [7, 11) is -8.10. The van der Waals surface area contributed by atoms with Crippen molar-refractivity contribution in [2.45, 2.75) is 128 Å². The Hall–Kier alpha value is -3.40. The lowest BCUT2D eigenvalue weighted by atomic mass is 9.85. The summed E-state index contributed by atoms with van der Waals surface area (Å²) < 4.78 is 57.1. The average Bonchev–Trinajstić information content (AvgIpc) is 3.10. The Bertz CT molecular complexity index is 1900. The summed E-state index contributed by atoms with van der Waals surface area (Å²) >= 11 is 6.62. The zero-order valence-electron chi connectivity index (χ0n) is 32.4. The zero-order chi connectivity index (χ0) is 40.0. The number of anilines is 2. The standard InChI is InChI=1S/C38H57ClN6O7S2/c1-23(2)30-13-10-14-31(35(30)41-37(47)43-53(49,50)29-12-11-18-40-22-29)25(5)16-17-26(6)33-21-28(39)20-32(24(3)4)36(33)42-38(48)44-54(51,52)34-15-8-9-19-45(34)27(7)46/h10,13-14,20-21,23-26,29,34,40H,8-9,11-12,15-19,22H2,1-7H3,(H2,41,43,47)(H2,42,44,48). The molecule has 0 saturated carbocycles. The van der Waals surface area contributed by atoms with Gasteiger partial charge >= 0.3 is 12.1 Å². The Balaban J connectivity index is 1.54. The largest absolute Gasteiger partial charge is 0.332 e. The van der Waals surface area contributed by atoms with Crippen LogP contribution >= 0.6 is 11.6 Å². The van der Waals surface area contributed by atoms with Crippen LogP contribution in [-0.4, -0.2) is 70.0 Å². The second-order valence-corrected chi connectivity index (χ2v) is 19.5. The van der Waals surface area contributed by atoms with Crippen LogP contribution in [0.25, 0.3) is 0 Å². The highest BCUT2D eigenvalue weighted by Crippen LogP contribution is 2.40. The lowest BCUT2D eigenvalue weighted by molar-refractivity contribution is -0.130. The van der Waals surface area contributed by atoms with E-state index in [1.807, 2.05) is 59.7 Å². The number of halogens is 1. The van der Waals surface area contributed by atoms with E-state index < -0.39 is 42.7 Å². The Morgan fingerprint density at radius 2 is 1.33 bits per heavy atom. The van der Waals surface area contributed by atoms with Crippen molar-refractivity contribution in [3.05, 3.63) is 57.6 Å². The lowest BCUT2D eigenvalue weighted by Gasteiger charge is -2.34. The van der Waals surface area contributed by atoms with Crippen LogP contribution in [0.1, 0.15) is 139 Å². The van der Waals surface area contributed by atoms with Gasteiger partial charge in [0.05, 0.1) is 5.25 Å². The van der Waals surface area contributed by atoms with E-state index in [1.54, 1.807) is 12.1 Å². The summed E-state index contributed by atoms with van der Waals surface area (Å²) in [6.45, 7) is 14.7. The number of sulfonamides is 2. The number of para-hydroxylation sites is 1. The van der Waals surface area contributed by atoms with E-state index in [4.69, 9.17) is 11.6 Å². The highest BCUT2D eigenvalue weighted by molar-refractivity contribution is 7.91. The molecule has 0 aliphatic carbocycles. The molecule has 2 saturated heterocycles. The second kappa shape index (κ2) is 18.5. The number of carbonyl (C=O) groups excluding carboxylic acids is 3. The maximum absolute atomic E-state index is 13.4. The molecule has 0 aromatic heterocycles. The van der Waals surface area contributed by atoms with Gasteiger partial charge in [0.2, 0.25) is 15.9 Å². The van der Waals surface area contributed by atoms with E-state index in [0.717, 1.165) is 28.8 Å². The number of nitrogens with one attached hydrogen (secondary N) is 5. The monoisotopic (exact) mass is 808 g/mol. The SMILES string of the molecule is CC(=O)N1CCCCC1S(=O)(=O)NC(=O)Nc1c(C(C)C)cc(Cl)cc1C(C)CCC(C)c1cccc(C(C)C)c1NC(=O)NS(=O)(=O)C1CCCNC1. The number of rotatable bonds is 13. The number of nitrogens with zero attached hydrogens (tertiary/aromatic N) is 1. The van der Waals surface area contributed by atoms with E-state index in [2.05, 4.69) is 25.4 Å². The normalized spacial score (nSPS) is 19.3. The third kappa shape index (κ3) is 10.9. The third-order valence-corrected chi connectivity index (χ3v) is 14.1. The molecule has 4 unspecified atom stereocenters. The molecule has 2 aromatic carbocycles. The first kappa shape index (κ1) is 43.3. The molecule has 4 rings (SSSR count). The van der Waals surface area contributed by atoms with E-state index >= 15 is 0 Å². The highest BCUT2D eigenvalue weighted by Gasteiger charge is 2.37. The molecule has 2 fully saturated rings. The fraction of sp³-hybridized carbons (Fsp3) is 0.605. The molecule has 0 bridgehead atoms. The quantitative estimate of drug-likeness (QED) is 0.140. The molecule has 16 heteroatoms. The first-order valence-corrected chi connectivity index (χ1v) is 22.4. The van der Waals surface area contributed by atoms with Crippen LogP contribution in [-0.2, 0) is 24.8 Å². The van der Waals surface area contributed by atoms with Gasteiger partial charge < -0.3 is 20.9 Å². The third-order valence-electron chi connectivity index (χ3n) is 10.5. The lowest BCUT2D eigenvalue weighted by Crippen LogP contribution is -2.52. The van der Waals surface area contributed by atoms with Crippen LogP contribution < -0.4 is 25.4 Å². The molecular weight excluding hydrogens is 752 g/mol. The predicted octanol–water partition coefficient (Wildman–Crippen LogP) is 7.29. The predicted molar refractivity (Wildman–Crippen MR) is 215 cm³/mol. The topological polar surface area (TPSA) is 183 Å².